The van der Waals surface area contributed by atoms with Gasteiger partial charge >= 0.3 is 0 Å². The van der Waals surface area contributed by atoms with Crippen LogP contribution in [0, 0.1) is 6.92 Å². The van der Waals surface area contributed by atoms with Gasteiger partial charge in [-0.1, -0.05) is 24.6 Å². The molecule has 2 amide bonds. The lowest BCUT2D eigenvalue weighted by Crippen LogP contribution is -2.32. The Bertz CT molecular complexity index is 447. The summed E-state index contributed by atoms with van der Waals surface area (Å²) in [5.74, 6) is -0.381. The molecule has 2 N–H and O–H groups in total. The molecule has 0 aliphatic carbocycles. The summed E-state index contributed by atoms with van der Waals surface area (Å²) in [4.78, 5) is 22.7. The van der Waals surface area contributed by atoms with Crippen LogP contribution >= 0.6 is 11.6 Å². The van der Waals surface area contributed by atoms with Gasteiger partial charge in [-0.05, 0) is 31.0 Å². The first kappa shape index (κ1) is 14.5. The summed E-state index contributed by atoms with van der Waals surface area (Å²) in [5, 5.41) is 5.81. The summed E-state index contributed by atoms with van der Waals surface area (Å²) in [6, 6.07) is 5.28. The van der Waals surface area contributed by atoms with Crippen molar-refractivity contribution in [2.75, 3.05) is 11.9 Å². The SMILES string of the molecule is CCCC(=O)NCC(=O)Nc1ccc(C)c(Cl)c1. The zero-order chi connectivity index (χ0) is 13.5. The molecule has 18 heavy (non-hydrogen) atoms. The molecule has 0 spiro atoms. The maximum absolute atomic E-state index is 11.5. The minimum atomic E-state index is -0.264. The van der Waals surface area contributed by atoms with Gasteiger partial charge in [0.25, 0.3) is 0 Å². The third kappa shape index (κ3) is 4.75. The van der Waals surface area contributed by atoms with E-state index in [0.717, 1.165) is 12.0 Å². The average molecular weight is 269 g/mol. The van der Waals surface area contributed by atoms with Crippen LogP contribution in [0.1, 0.15) is 25.3 Å². The van der Waals surface area contributed by atoms with Gasteiger partial charge in [-0.3, -0.25) is 9.59 Å². The summed E-state index contributed by atoms with van der Waals surface area (Å²) in [6.07, 6.45) is 1.20. The van der Waals surface area contributed by atoms with E-state index in [9.17, 15) is 9.59 Å². The second-order valence-corrected chi connectivity index (χ2v) is 4.45. The molecule has 1 aromatic rings. The van der Waals surface area contributed by atoms with Gasteiger partial charge in [-0.25, -0.2) is 0 Å². The number of halogens is 1. The van der Waals surface area contributed by atoms with Crippen LogP contribution in [0.4, 0.5) is 5.69 Å². The molecule has 0 radical (unpaired) electrons. The number of benzene rings is 1. The largest absolute Gasteiger partial charge is 0.347 e. The molecule has 1 rings (SSSR count). The van der Waals surface area contributed by atoms with Gasteiger partial charge in [0.05, 0.1) is 6.54 Å². The molecular formula is C13H17ClN2O2. The third-order valence-corrected chi connectivity index (χ3v) is 2.79. The molecule has 0 atom stereocenters. The zero-order valence-corrected chi connectivity index (χ0v) is 11.3. The molecule has 0 aliphatic rings. The number of nitrogens with one attached hydrogen (secondary N) is 2. The van der Waals surface area contributed by atoms with Crippen LogP contribution in [0.25, 0.3) is 0 Å². The molecule has 0 saturated carbocycles. The average Bonchev–Trinajstić information content (AvgIpc) is 2.32. The summed E-state index contributed by atoms with van der Waals surface area (Å²) < 4.78 is 0. The number of anilines is 1. The van der Waals surface area contributed by atoms with Crippen molar-refractivity contribution >= 4 is 29.1 Å². The van der Waals surface area contributed by atoms with E-state index in [4.69, 9.17) is 11.6 Å². The molecule has 1 aromatic carbocycles. The van der Waals surface area contributed by atoms with Gasteiger partial charge < -0.3 is 10.6 Å². The van der Waals surface area contributed by atoms with Crippen molar-refractivity contribution in [2.24, 2.45) is 0 Å². The standard InChI is InChI=1S/C13H17ClN2O2/c1-3-4-12(17)15-8-13(18)16-10-6-5-9(2)11(14)7-10/h5-7H,3-4,8H2,1-2H3,(H,15,17)(H,16,18). The van der Waals surface area contributed by atoms with Crippen molar-refractivity contribution in [3.05, 3.63) is 28.8 Å². The van der Waals surface area contributed by atoms with Crippen LogP contribution in [0.5, 0.6) is 0 Å². The number of carbonyl (C=O) groups is 2. The van der Waals surface area contributed by atoms with Crippen LogP contribution in [0.3, 0.4) is 0 Å². The Hall–Kier alpha value is -1.55. The molecular weight excluding hydrogens is 252 g/mol. The minimum Gasteiger partial charge on any atom is -0.347 e. The van der Waals surface area contributed by atoms with Crippen molar-refractivity contribution in [3.63, 3.8) is 0 Å². The second-order valence-electron chi connectivity index (χ2n) is 4.04. The third-order valence-electron chi connectivity index (χ3n) is 2.38. The Kier molecular flexibility index (Phi) is 5.65. The highest BCUT2D eigenvalue weighted by Crippen LogP contribution is 2.19. The molecule has 0 aromatic heterocycles. The Morgan fingerprint density at radius 3 is 2.61 bits per heavy atom. The van der Waals surface area contributed by atoms with Gasteiger partial charge in [-0.2, -0.15) is 0 Å². The van der Waals surface area contributed by atoms with Gasteiger partial charge in [0.15, 0.2) is 0 Å². The number of amides is 2. The van der Waals surface area contributed by atoms with E-state index in [0.29, 0.717) is 17.1 Å². The first-order chi connectivity index (χ1) is 8.52. The highest BCUT2D eigenvalue weighted by atomic mass is 35.5. The van der Waals surface area contributed by atoms with Gasteiger partial charge in [0.1, 0.15) is 0 Å². The molecule has 0 aliphatic heterocycles. The van der Waals surface area contributed by atoms with Crippen molar-refractivity contribution in [1.82, 2.24) is 5.32 Å². The molecule has 0 heterocycles. The maximum Gasteiger partial charge on any atom is 0.243 e. The fourth-order valence-corrected chi connectivity index (χ4v) is 1.55. The van der Waals surface area contributed by atoms with E-state index >= 15 is 0 Å². The molecule has 4 nitrogen and oxygen atoms in total. The number of aryl methyl sites for hydroxylation is 1. The monoisotopic (exact) mass is 268 g/mol. The van der Waals surface area contributed by atoms with Crippen molar-refractivity contribution < 1.29 is 9.59 Å². The first-order valence-corrected chi connectivity index (χ1v) is 6.23. The highest BCUT2D eigenvalue weighted by molar-refractivity contribution is 6.31. The Morgan fingerprint density at radius 1 is 1.28 bits per heavy atom. The summed E-state index contributed by atoms with van der Waals surface area (Å²) >= 11 is 5.94. The van der Waals surface area contributed by atoms with E-state index in [1.54, 1.807) is 12.1 Å². The lowest BCUT2D eigenvalue weighted by atomic mass is 10.2. The van der Waals surface area contributed by atoms with Gasteiger partial charge in [0.2, 0.25) is 11.8 Å². The predicted molar refractivity (Wildman–Crippen MR) is 72.7 cm³/mol. The molecule has 0 unspecified atom stereocenters. The van der Waals surface area contributed by atoms with Crippen molar-refractivity contribution in [3.8, 4) is 0 Å². The number of carbonyl (C=O) groups excluding carboxylic acids is 2. The topological polar surface area (TPSA) is 58.2 Å². The number of hydrogen-bond donors (Lipinski definition) is 2. The lowest BCUT2D eigenvalue weighted by molar-refractivity contribution is -0.124. The van der Waals surface area contributed by atoms with E-state index < -0.39 is 0 Å². The van der Waals surface area contributed by atoms with Crippen LogP contribution < -0.4 is 10.6 Å². The van der Waals surface area contributed by atoms with Crippen LogP contribution in [0.15, 0.2) is 18.2 Å². The number of hydrogen-bond acceptors (Lipinski definition) is 2. The molecule has 98 valence electrons. The lowest BCUT2D eigenvalue weighted by Gasteiger charge is -2.07. The smallest absolute Gasteiger partial charge is 0.243 e. The quantitative estimate of drug-likeness (QED) is 0.862. The van der Waals surface area contributed by atoms with Crippen LogP contribution in [-0.4, -0.2) is 18.4 Å². The molecule has 0 fully saturated rings. The second kappa shape index (κ2) is 7.01. The number of rotatable bonds is 5. The summed E-state index contributed by atoms with van der Waals surface area (Å²) in [5.41, 5.74) is 1.58. The normalized spacial score (nSPS) is 9.94. The van der Waals surface area contributed by atoms with E-state index in [1.165, 1.54) is 0 Å². The van der Waals surface area contributed by atoms with E-state index in [2.05, 4.69) is 10.6 Å². The highest BCUT2D eigenvalue weighted by Gasteiger charge is 2.06. The zero-order valence-electron chi connectivity index (χ0n) is 10.5. The molecule has 5 heteroatoms. The molecule has 0 saturated heterocycles. The van der Waals surface area contributed by atoms with E-state index in [1.807, 2.05) is 19.9 Å². The fraction of sp³-hybridized carbons (Fsp3) is 0.385. The predicted octanol–water partition coefficient (Wildman–Crippen LogP) is 2.50. The van der Waals surface area contributed by atoms with Crippen molar-refractivity contribution in [1.29, 1.82) is 0 Å². The first-order valence-electron chi connectivity index (χ1n) is 5.85. The van der Waals surface area contributed by atoms with Crippen molar-refractivity contribution in [2.45, 2.75) is 26.7 Å². The summed E-state index contributed by atoms with van der Waals surface area (Å²) in [7, 11) is 0. The maximum atomic E-state index is 11.5. The van der Waals surface area contributed by atoms with Crippen LogP contribution in [0.2, 0.25) is 5.02 Å². The minimum absolute atomic E-state index is 0.0235. The van der Waals surface area contributed by atoms with Gasteiger partial charge in [-0.15, -0.1) is 0 Å². The Labute approximate surface area is 112 Å². The summed E-state index contributed by atoms with van der Waals surface area (Å²) in [6.45, 7) is 3.77. The van der Waals surface area contributed by atoms with Gasteiger partial charge in [0, 0.05) is 17.1 Å². The fourth-order valence-electron chi connectivity index (χ4n) is 1.37. The Morgan fingerprint density at radius 2 is 2.00 bits per heavy atom. The van der Waals surface area contributed by atoms with Crippen LogP contribution in [-0.2, 0) is 9.59 Å². The molecule has 0 bridgehead atoms. The van der Waals surface area contributed by atoms with E-state index in [-0.39, 0.29) is 18.4 Å². The Balaban J connectivity index is 2.44.